The van der Waals surface area contributed by atoms with Crippen LogP contribution in [0.25, 0.3) is 0 Å². The van der Waals surface area contributed by atoms with E-state index >= 15 is 0 Å². The van der Waals surface area contributed by atoms with E-state index in [4.69, 9.17) is 4.74 Å². The zero-order chi connectivity index (χ0) is 17.7. The van der Waals surface area contributed by atoms with Crippen LogP contribution in [0.5, 0.6) is 5.75 Å². The number of nitrogens with one attached hydrogen (secondary N) is 1. The number of nitrogens with zero attached hydrogens (tertiary/aromatic N) is 3. The van der Waals surface area contributed by atoms with Gasteiger partial charge < -0.3 is 15.0 Å². The summed E-state index contributed by atoms with van der Waals surface area (Å²) in [5.41, 5.74) is 0.941. The Hall–Kier alpha value is -1.84. The van der Waals surface area contributed by atoms with E-state index in [1.54, 1.807) is 12.0 Å². The Kier molecular flexibility index (Phi) is 6.03. The maximum Gasteiger partial charge on any atom is 0.317 e. The molecule has 1 N–H and O–H groups in total. The van der Waals surface area contributed by atoms with Crippen molar-refractivity contribution in [3.8, 4) is 5.75 Å². The van der Waals surface area contributed by atoms with Crippen LogP contribution in [0.2, 0.25) is 0 Å². The third-order valence-corrected chi connectivity index (χ3v) is 5.83. The smallest absolute Gasteiger partial charge is 0.317 e. The van der Waals surface area contributed by atoms with E-state index in [0.717, 1.165) is 11.3 Å². The van der Waals surface area contributed by atoms with Crippen molar-refractivity contribution in [3.05, 3.63) is 29.8 Å². The number of ether oxygens (including phenoxy) is 1. The van der Waals surface area contributed by atoms with E-state index in [2.05, 4.69) is 5.32 Å². The van der Waals surface area contributed by atoms with Crippen molar-refractivity contribution in [2.45, 2.75) is 6.54 Å². The number of benzene rings is 1. The molecule has 1 aliphatic rings. The highest BCUT2D eigenvalue weighted by Crippen LogP contribution is 2.13. The molecule has 2 amide bonds. The molecule has 2 rings (SSSR count). The molecule has 0 unspecified atom stereocenters. The van der Waals surface area contributed by atoms with Crippen molar-refractivity contribution in [2.24, 2.45) is 0 Å². The number of carbonyl (C=O) groups is 1. The normalized spacial score (nSPS) is 16.2. The van der Waals surface area contributed by atoms with Gasteiger partial charge in [0, 0.05) is 46.8 Å². The van der Waals surface area contributed by atoms with Gasteiger partial charge in [-0.2, -0.15) is 17.0 Å². The Morgan fingerprint density at radius 3 is 2.50 bits per heavy atom. The molecule has 1 aliphatic heterocycles. The van der Waals surface area contributed by atoms with E-state index in [0.29, 0.717) is 32.7 Å². The Morgan fingerprint density at radius 1 is 1.25 bits per heavy atom. The van der Waals surface area contributed by atoms with Crippen molar-refractivity contribution < 1.29 is 17.9 Å². The minimum Gasteiger partial charge on any atom is -0.497 e. The minimum atomic E-state index is -3.42. The van der Waals surface area contributed by atoms with Crippen LogP contribution in [0, 0.1) is 0 Å². The van der Waals surface area contributed by atoms with Crippen LogP contribution in [0.4, 0.5) is 4.79 Å². The summed E-state index contributed by atoms with van der Waals surface area (Å²) in [4.78, 5) is 13.8. The zero-order valence-corrected chi connectivity index (χ0v) is 15.0. The Labute approximate surface area is 143 Å². The number of hydrogen-bond acceptors (Lipinski definition) is 4. The van der Waals surface area contributed by atoms with Gasteiger partial charge in [0.2, 0.25) is 0 Å². The number of hydrogen-bond donors (Lipinski definition) is 1. The summed E-state index contributed by atoms with van der Waals surface area (Å²) >= 11 is 0. The second-order valence-electron chi connectivity index (χ2n) is 5.69. The standard InChI is InChI=1S/C15H24N4O4S/c1-17(2)24(21,22)19-9-7-18(8-10-19)15(20)16-12-13-5-4-6-14(11-13)23-3/h4-6,11H,7-10,12H2,1-3H3,(H,16,20). The molecule has 1 fully saturated rings. The molecule has 24 heavy (non-hydrogen) atoms. The summed E-state index contributed by atoms with van der Waals surface area (Å²) in [5, 5.41) is 2.85. The lowest BCUT2D eigenvalue weighted by Gasteiger charge is -2.35. The first kappa shape index (κ1) is 18.5. The van der Waals surface area contributed by atoms with Crippen LogP contribution in [-0.4, -0.2) is 75.3 Å². The van der Waals surface area contributed by atoms with Crippen molar-refractivity contribution in [1.29, 1.82) is 0 Å². The second-order valence-corrected chi connectivity index (χ2v) is 7.83. The minimum absolute atomic E-state index is 0.195. The molecule has 0 radical (unpaired) electrons. The quantitative estimate of drug-likeness (QED) is 0.824. The van der Waals surface area contributed by atoms with Gasteiger partial charge in [0.05, 0.1) is 7.11 Å². The second kappa shape index (κ2) is 7.82. The molecule has 1 saturated heterocycles. The first-order valence-electron chi connectivity index (χ1n) is 7.68. The average molecular weight is 356 g/mol. The SMILES string of the molecule is COc1cccc(CNC(=O)N2CCN(S(=O)(=O)N(C)C)CC2)c1. The van der Waals surface area contributed by atoms with Crippen molar-refractivity contribution in [1.82, 2.24) is 18.8 Å². The highest BCUT2D eigenvalue weighted by atomic mass is 32.2. The summed E-state index contributed by atoms with van der Waals surface area (Å²) in [6, 6.07) is 7.28. The fourth-order valence-corrected chi connectivity index (χ4v) is 3.51. The predicted octanol–water partition coefficient (Wildman–Crippen LogP) is 0.329. The molecule has 1 heterocycles. The maximum atomic E-state index is 12.2. The van der Waals surface area contributed by atoms with Crippen LogP contribution in [0.3, 0.4) is 0 Å². The van der Waals surface area contributed by atoms with Crippen LogP contribution in [0.15, 0.2) is 24.3 Å². The van der Waals surface area contributed by atoms with Crippen molar-refractivity contribution >= 4 is 16.2 Å². The highest BCUT2D eigenvalue weighted by molar-refractivity contribution is 7.86. The number of urea groups is 1. The number of carbonyl (C=O) groups excluding carboxylic acids is 1. The van der Waals surface area contributed by atoms with E-state index in [1.165, 1.54) is 22.7 Å². The first-order valence-corrected chi connectivity index (χ1v) is 9.07. The lowest BCUT2D eigenvalue weighted by atomic mass is 10.2. The molecule has 0 saturated carbocycles. The third-order valence-electron chi connectivity index (χ3n) is 3.89. The molecule has 8 nitrogen and oxygen atoms in total. The van der Waals surface area contributed by atoms with Crippen LogP contribution < -0.4 is 10.1 Å². The molecule has 9 heteroatoms. The molecule has 1 aromatic carbocycles. The van der Waals surface area contributed by atoms with Gasteiger partial charge in [-0.15, -0.1) is 0 Å². The summed E-state index contributed by atoms with van der Waals surface area (Å²) in [6.45, 7) is 1.74. The van der Waals surface area contributed by atoms with E-state index in [9.17, 15) is 13.2 Å². The highest BCUT2D eigenvalue weighted by Gasteiger charge is 2.30. The number of methoxy groups -OCH3 is 1. The fraction of sp³-hybridized carbons (Fsp3) is 0.533. The zero-order valence-electron chi connectivity index (χ0n) is 14.2. The Bertz CT molecular complexity index is 670. The molecular weight excluding hydrogens is 332 g/mol. The van der Waals surface area contributed by atoms with E-state index < -0.39 is 10.2 Å². The summed E-state index contributed by atoms with van der Waals surface area (Å²) in [5.74, 6) is 0.740. The maximum absolute atomic E-state index is 12.2. The van der Waals surface area contributed by atoms with Crippen molar-refractivity contribution in [2.75, 3.05) is 47.4 Å². The van der Waals surface area contributed by atoms with Gasteiger partial charge in [0.15, 0.2) is 0 Å². The summed E-state index contributed by atoms with van der Waals surface area (Å²) < 4.78 is 31.8. The Morgan fingerprint density at radius 2 is 1.92 bits per heavy atom. The van der Waals surface area contributed by atoms with Crippen molar-refractivity contribution in [3.63, 3.8) is 0 Å². The topological polar surface area (TPSA) is 82.2 Å². The van der Waals surface area contributed by atoms with E-state index in [-0.39, 0.29) is 6.03 Å². The van der Waals surface area contributed by atoms with Gasteiger partial charge in [0.25, 0.3) is 10.2 Å². The molecular formula is C15H24N4O4S. The Balaban J connectivity index is 1.85. The molecule has 0 aliphatic carbocycles. The fourth-order valence-electron chi connectivity index (χ4n) is 2.42. The van der Waals surface area contributed by atoms with Gasteiger partial charge >= 0.3 is 6.03 Å². The molecule has 0 spiro atoms. The third kappa shape index (κ3) is 4.37. The van der Waals surface area contributed by atoms with E-state index in [1.807, 2.05) is 24.3 Å². The number of piperazine rings is 1. The molecule has 0 aromatic heterocycles. The van der Waals surface area contributed by atoms with Gasteiger partial charge in [-0.05, 0) is 17.7 Å². The van der Waals surface area contributed by atoms with Crippen LogP contribution in [-0.2, 0) is 16.8 Å². The largest absolute Gasteiger partial charge is 0.497 e. The van der Waals surface area contributed by atoms with Crippen LogP contribution in [0.1, 0.15) is 5.56 Å². The first-order chi connectivity index (χ1) is 11.3. The molecule has 134 valence electrons. The van der Waals surface area contributed by atoms with Gasteiger partial charge in [-0.25, -0.2) is 4.79 Å². The lowest BCUT2D eigenvalue weighted by molar-refractivity contribution is 0.170. The predicted molar refractivity (Wildman–Crippen MR) is 91.0 cm³/mol. The average Bonchev–Trinajstić information content (AvgIpc) is 2.59. The molecule has 1 aromatic rings. The molecule has 0 atom stereocenters. The monoisotopic (exact) mass is 356 g/mol. The number of amides is 2. The summed E-state index contributed by atoms with van der Waals surface area (Å²) in [7, 11) is 1.18. The number of rotatable bonds is 5. The van der Waals surface area contributed by atoms with Gasteiger partial charge in [-0.1, -0.05) is 12.1 Å². The van der Waals surface area contributed by atoms with Gasteiger partial charge in [0.1, 0.15) is 5.75 Å². The van der Waals surface area contributed by atoms with Crippen LogP contribution >= 0.6 is 0 Å². The lowest BCUT2D eigenvalue weighted by Crippen LogP contribution is -2.54. The summed E-state index contributed by atoms with van der Waals surface area (Å²) in [6.07, 6.45) is 0. The van der Waals surface area contributed by atoms with Gasteiger partial charge in [-0.3, -0.25) is 0 Å². The molecule has 0 bridgehead atoms.